The SMILES string of the molecule is COCC(=O)N1CCC[C@H](c2nnc(CN3CCOCC3)n2C)C1. The molecule has 134 valence electrons. The number of hydrogen-bond donors (Lipinski definition) is 0. The van der Waals surface area contributed by atoms with Gasteiger partial charge in [-0.1, -0.05) is 0 Å². The minimum Gasteiger partial charge on any atom is -0.379 e. The van der Waals surface area contributed by atoms with E-state index in [0.29, 0.717) is 6.54 Å². The van der Waals surface area contributed by atoms with Crippen LogP contribution in [0.15, 0.2) is 0 Å². The summed E-state index contributed by atoms with van der Waals surface area (Å²) in [6, 6.07) is 0. The third-order valence-corrected chi connectivity index (χ3v) is 4.87. The van der Waals surface area contributed by atoms with Crippen molar-refractivity contribution in [3.8, 4) is 0 Å². The number of nitrogens with zero attached hydrogens (tertiary/aromatic N) is 5. The van der Waals surface area contributed by atoms with E-state index >= 15 is 0 Å². The first-order valence-corrected chi connectivity index (χ1v) is 8.64. The fraction of sp³-hybridized carbons (Fsp3) is 0.812. The molecule has 0 aromatic carbocycles. The highest BCUT2D eigenvalue weighted by Crippen LogP contribution is 2.26. The van der Waals surface area contributed by atoms with Crippen molar-refractivity contribution in [3.05, 3.63) is 11.6 Å². The van der Waals surface area contributed by atoms with E-state index in [1.807, 2.05) is 11.9 Å². The number of morpholine rings is 1. The number of hydrogen-bond acceptors (Lipinski definition) is 6. The van der Waals surface area contributed by atoms with E-state index in [1.54, 1.807) is 7.11 Å². The molecule has 8 nitrogen and oxygen atoms in total. The summed E-state index contributed by atoms with van der Waals surface area (Å²) < 4.78 is 12.5. The molecule has 0 saturated carbocycles. The average molecular weight is 337 g/mol. The Bertz CT molecular complexity index is 556. The number of likely N-dealkylation sites (tertiary alicyclic amines) is 1. The zero-order valence-electron chi connectivity index (χ0n) is 14.6. The highest BCUT2D eigenvalue weighted by atomic mass is 16.5. The van der Waals surface area contributed by atoms with Gasteiger partial charge in [-0.05, 0) is 12.8 Å². The smallest absolute Gasteiger partial charge is 0.248 e. The number of aromatic nitrogens is 3. The third-order valence-electron chi connectivity index (χ3n) is 4.87. The quantitative estimate of drug-likeness (QED) is 0.753. The second kappa shape index (κ2) is 8.04. The standard InChI is InChI=1S/C16H27N5O3/c1-19-14(11-20-6-8-24-9-7-20)17-18-16(19)13-4-3-5-21(10-13)15(22)12-23-2/h13H,3-12H2,1-2H3/t13-/m0/s1. The van der Waals surface area contributed by atoms with E-state index < -0.39 is 0 Å². The summed E-state index contributed by atoms with van der Waals surface area (Å²) >= 11 is 0. The highest BCUT2D eigenvalue weighted by molar-refractivity contribution is 5.77. The van der Waals surface area contributed by atoms with E-state index in [2.05, 4.69) is 19.7 Å². The summed E-state index contributed by atoms with van der Waals surface area (Å²) in [5.41, 5.74) is 0. The summed E-state index contributed by atoms with van der Waals surface area (Å²) in [4.78, 5) is 16.3. The van der Waals surface area contributed by atoms with Gasteiger partial charge in [-0.25, -0.2) is 0 Å². The third kappa shape index (κ3) is 3.93. The first-order chi connectivity index (χ1) is 11.7. The lowest BCUT2D eigenvalue weighted by Crippen LogP contribution is -2.41. The van der Waals surface area contributed by atoms with Gasteiger partial charge in [0.1, 0.15) is 18.3 Å². The van der Waals surface area contributed by atoms with Crippen molar-refractivity contribution >= 4 is 5.91 Å². The Morgan fingerprint density at radius 2 is 2.08 bits per heavy atom. The molecule has 3 heterocycles. The van der Waals surface area contributed by atoms with Crippen molar-refractivity contribution in [2.45, 2.75) is 25.3 Å². The fourth-order valence-electron chi connectivity index (χ4n) is 3.46. The van der Waals surface area contributed by atoms with Crippen molar-refractivity contribution in [3.63, 3.8) is 0 Å². The maximum atomic E-state index is 12.1. The Hall–Kier alpha value is -1.51. The lowest BCUT2D eigenvalue weighted by molar-refractivity contribution is -0.136. The van der Waals surface area contributed by atoms with Gasteiger partial charge in [0.2, 0.25) is 5.91 Å². The molecule has 1 aromatic heterocycles. The molecule has 2 saturated heterocycles. The van der Waals surface area contributed by atoms with E-state index in [4.69, 9.17) is 9.47 Å². The van der Waals surface area contributed by atoms with Gasteiger partial charge in [-0.15, -0.1) is 10.2 Å². The van der Waals surface area contributed by atoms with Crippen LogP contribution in [0.2, 0.25) is 0 Å². The van der Waals surface area contributed by atoms with Gasteiger partial charge in [0.25, 0.3) is 0 Å². The first kappa shape index (κ1) is 17.3. The number of amides is 1. The zero-order chi connectivity index (χ0) is 16.9. The number of rotatable bonds is 5. The Balaban J connectivity index is 1.64. The van der Waals surface area contributed by atoms with Crippen LogP contribution in [0.1, 0.15) is 30.4 Å². The zero-order valence-corrected chi connectivity index (χ0v) is 14.6. The van der Waals surface area contributed by atoms with Gasteiger partial charge in [0, 0.05) is 46.3 Å². The Morgan fingerprint density at radius 1 is 1.29 bits per heavy atom. The van der Waals surface area contributed by atoms with Crippen molar-refractivity contribution in [2.75, 3.05) is 53.1 Å². The summed E-state index contributed by atoms with van der Waals surface area (Å²) in [7, 11) is 3.58. The van der Waals surface area contributed by atoms with Gasteiger partial charge in [-0.2, -0.15) is 0 Å². The van der Waals surface area contributed by atoms with Crippen LogP contribution in [-0.4, -0.2) is 83.6 Å². The normalized spacial score (nSPS) is 22.8. The second-order valence-electron chi connectivity index (χ2n) is 6.53. The molecule has 0 N–H and O–H groups in total. The molecule has 1 atom stereocenters. The van der Waals surface area contributed by atoms with E-state index in [1.165, 1.54) is 0 Å². The maximum absolute atomic E-state index is 12.1. The first-order valence-electron chi connectivity index (χ1n) is 8.64. The number of carbonyl (C=O) groups excluding carboxylic acids is 1. The maximum Gasteiger partial charge on any atom is 0.248 e. The van der Waals surface area contributed by atoms with Crippen molar-refractivity contribution in [2.24, 2.45) is 7.05 Å². The summed E-state index contributed by atoms with van der Waals surface area (Å²) in [5, 5.41) is 8.82. The van der Waals surface area contributed by atoms with Gasteiger partial charge >= 0.3 is 0 Å². The molecular weight excluding hydrogens is 310 g/mol. The molecule has 2 aliphatic heterocycles. The molecule has 1 amide bonds. The lowest BCUT2D eigenvalue weighted by Gasteiger charge is -2.32. The van der Waals surface area contributed by atoms with Gasteiger partial charge in [0.15, 0.2) is 0 Å². The minimum atomic E-state index is 0.0536. The molecule has 3 rings (SSSR count). The Kier molecular flexibility index (Phi) is 5.80. The number of methoxy groups -OCH3 is 1. The Morgan fingerprint density at radius 3 is 2.83 bits per heavy atom. The predicted molar refractivity (Wildman–Crippen MR) is 87.5 cm³/mol. The van der Waals surface area contributed by atoms with E-state index in [-0.39, 0.29) is 18.4 Å². The summed E-state index contributed by atoms with van der Waals surface area (Å²) in [6.07, 6.45) is 2.03. The van der Waals surface area contributed by atoms with Gasteiger partial charge in [-0.3, -0.25) is 9.69 Å². The summed E-state index contributed by atoms with van der Waals surface area (Å²) in [6.45, 7) is 5.88. The fourth-order valence-corrected chi connectivity index (χ4v) is 3.46. The van der Waals surface area contributed by atoms with Crippen LogP contribution < -0.4 is 0 Å². The largest absolute Gasteiger partial charge is 0.379 e. The molecule has 2 fully saturated rings. The molecule has 0 aliphatic carbocycles. The highest BCUT2D eigenvalue weighted by Gasteiger charge is 2.28. The molecule has 1 aromatic rings. The van der Waals surface area contributed by atoms with Crippen LogP contribution in [0.25, 0.3) is 0 Å². The van der Waals surface area contributed by atoms with Crippen LogP contribution >= 0.6 is 0 Å². The number of ether oxygens (including phenoxy) is 2. The van der Waals surface area contributed by atoms with Crippen LogP contribution in [0.3, 0.4) is 0 Å². The minimum absolute atomic E-state index is 0.0536. The second-order valence-corrected chi connectivity index (χ2v) is 6.53. The molecule has 24 heavy (non-hydrogen) atoms. The molecule has 0 spiro atoms. The molecule has 8 heteroatoms. The summed E-state index contributed by atoms with van der Waals surface area (Å²) in [5.74, 6) is 2.26. The molecule has 0 radical (unpaired) electrons. The number of carbonyl (C=O) groups is 1. The van der Waals surface area contributed by atoms with E-state index in [9.17, 15) is 4.79 Å². The van der Waals surface area contributed by atoms with Gasteiger partial charge in [0.05, 0.1) is 19.8 Å². The van der Waals surface area contributed by atoms with Gasteiger partial charge < -0.3 is 18.9 Å². The number of piperidine rings is 1. The van der Waals surface area contributed by atoms with Crippen molar-refractivity contribution in [1.29, 1.82) is 0 Å². The monoisotopic (exact) mass is 337 g/mol. The molecule has 2 aliphatic rings. The van der Waals surface area contributed by atoms with Crippen molar-refractivity contribution < 1.29 is 14.3 Å². The molecule has 0 unspecified atom stereocenters. The van der Waals surface area contributed by atoms with Crippen molar-refractivity contribution in [1.82, 2.24) is 24.6 Å². The lowest BCUT2D eigenvalue weighted by atomic mass is 9.97. The predicted octanol–water partition coefficient (Wildman–Crippen LogP) is -0.000300. The molecule has 0 bridgehead atoms. The van der Waals surface area contributed by atoms with Crippen LogP contribution in [0, 0.1) is 0 Å². The molecular formula is C16H27N5O3. The van der Waals surface area contributed by atoms with Crippen LogP contribution in [0.5, 0.6) is 0 Å². The topological polar surface area (TPSA) is 72.7 Å². The average Bonchev–Trinajstić information content (AvgIpc) is 2.97. The van der Waals surface area contributed by atoms with Crippen LogP contribution in [0.4, 0.5) is 0 Å². The van der Waals surface area contributed by atoms with E-state index in [0.717, 1.165) is 63.9 Å². The Labute approximate surface area is 142 Å². The van der Waals surface area contributed by atoms with Crippen LogP contribution in [-0.2, 0) is 27.9 Å².